The molecule has 66 valence electrons. The molecule has 3 nitrogen and oxygen atoms in total. The SMILES string of the molecule is CN1CCN(C)[P+]1(O)CCBr. The van der Waals surface area contributed by atoms with Gasteiger partial charge in [-0.25, -0.2) is 4.89 Å². The van der Waals surface area contributed by atoms with Crippen molar-refractivity contribution in [2.45, 2.75) is 0 Å². The Labute approximate surface area is 77.0 Å². The van der Waals surface area contributed by atoms with E-state index in [0.29, 0.717) is 0 Å². The molecule has 1 saturated heterocycles. The largest absolute Gasteiger partial charge is 0.286 e. The zero-order valence-electron chi connectivity index (χ0n) is 7.00. The molecule has 1 N–H and O–H groups in total. The monoisotopic (exact) mass is 241 g/mol. The molecular weight excluding hydrogens is 227 g/mol. The summed E-state index contributed by atoms with van der Waals surface area (Å²) in [4.78, 5) is 10.2. The van der Waals surface area contributed by atoms with Crippen molar-refractivity contribution in [2.24, 2.45) is 0 Å². The molecule has 0 saturated carbocycles. The highest BCUT2D eigenvalue weighted by Gasteiger charge is 2.50. The lowest BCUT2D eigenvalue weighted by Gasteiger charge is -2.24. The van der Waals surface area contributed by atoms with Crippen LogP contribution >= 0.6 is 23.7 Å². The molecule has 1 fully saturated rings. The zero-order chi connectivity index (χ0) is 8.48. The van der Waals surface area contributed by atoms with Crippen LogP contribution in [0.4, 0.5) is 0 Å². The highest BCUT2D eigenvalue weighted by molar-refractivity contribution is 9.09. The Balaban J connectivity index is 2.63. The molecule has 0 radical (unpaired) electrons. The maximum Gasteiger partial charge on any atom is 0.286 e. The van der Waals surface area contributed by atoms with Gasteiger partial charge in [0.25, 0.3) is 7.79 Å². The molecule has 1 aliphatic heterocycles. The quantitative estimate of drug-likeness (QED) is 0.578. The van der Waals surface area contributed by atoms with E-state index in [9.17, 15) is 4.89 Å². The third kappa shape index (κ3) is 1.76. The molecule has 0 aromatic carbocycles. The van der Waals surface area contributed by atoms with Crippen LogP contribution in [0.25, 0.3) is 0 Å². The van der Waals surface area contributed by atoms with Gasteiger partial charge in [0, 0.05) is 19.4 Å². The van der Waals surface area contributed by atoms with E-state index >= 15 is 0 Å². The molecule has 5 heteroatoms. The van der Waals surface area contributed by atoms with Gasteiger partial charge < -0.3 is 0 Å². The van der Waals surface area contributed by atoms with Gasteiger partial charge in [-0.15, -0.1) is 9.34 Å². The van der Waals surface area contributed by atoms with Crippen LogP contribution in [0.1, 0.15) is 0 Å². The maximum absolute atomic E-state index is 10.2. The first-order chi connectivity index (χ1) is 5.11. The summed E-state index contributed by atoms with van der Waals surface area (Å²) in [6.07, 6.45) is 0.861. The Morgan fingerprint density at radius 1 is 1.36 bits per heavy atom. The van der Waals surface area contributed by atoms with Crippen LogP contribution in [-0.2, 0) is 0 Å². The van der Waals surface area contributed by atoms with E-state index in [2.05, 4.69) is 25.3 Å². The van der Waals surface area contributed by atoms with Crippen LogP contribution in [0.15, 0.2) is 0 Å². The molecule has 1 aliphatic rings. The highest BCUT2D eigenvalue weighted by Crippen LogP contribution is 2.62. The van der Waals surface area contributed by atoms with Crippen molar-refractivity contribution in [3.8, 4) is 0 Å². The summed E-state index contributed by atoms with van der Waals surface area (Å²) in [5.74, 6) is 0. The molecule has 0 spiro atoms. The summed E-state index contributed by atoms with van der Waals surface area (Å²) in [6, 6.07) is 0. The summed E-state index contributed by atoms with van der Waals surface area (Å²) in [5.41, 5.74) is 0. The topological polar surface area (TPSA) is 26.7 Å². The molecule has 0 aliphatic carbocycles. The van der Waals surface area contributed by atoms with Crippen molar-refractivity contribution < 1.29 is 4.89 Å². The van der Waals surface area contributed by atoms with Gasteiger partial charge in [-0.1, -0.05) is 15.9 Å². The first kappa shape index (κ1) is 9.87. The van der Waals surface area contributed by atoms with Crippen LogP contribution in [0, 0.1) is 0 Å². The van der Waals surface area contributed by atoms with Crippen LogP contribution < -0.4 is 0 Å². The van der Waals surface area contributed by atoms with Gasteiger partial charge in [-0.05, 0) is 0 Å². The molecule has 0 atom stereocenters. The van der Waals surface area contributed by atoms with E-state index in [0.717, 1.165) is 24.6 Å². The number of hydrogen-bond donors (Lipinski definition) is 1. The smallest absolute Gasteiger partial charge is 0.213 e. The van der Waals surface area contributed by atoms with E-state index < -0.39 is 7.79 Å². The van der Waals surface area contributed by atoms with E-state index in [1.54, 1.807) is 0 Å². The van der Waals surface area contributed by atoms with Gasteiger partial charge in [-0.2, -0.15) is 0 Å². The fraction of sp³-hybridized carbons (Fsp3) is 1.00. The molecule has 0 amide bonds. The second-order valence-corrected chi connectivity index (χ2v) is 6.86. The predicted octanol–water partition coefficient (Wildman–Crippen LogP) is 1.01. The van der Waals surface area contributed by atoms with Crippen LogP contribution in [0.5, 0.6) is 0 Å². The lowest BCUT2D eigenvalue weighted by Crippen LogP contribution is -2.22. The highest BCUT2D eigenvalue weighted by atomic mass is 79.9. The second kappa shape index (κ2) is 3.67. The molecule has 11 heavy (non-hydrogen) atoms. The van der Waals surface area contributed by atoms with E-state index in [1.165, 1.54) is 0 Å². The van der Waals surface area contributed by atoms with E-state index in [-0.39, 0.29) is 0 Å². The lowest BCUT2D eigenvalue weighted by atomic mass is 10.6. The first-order valence-corrected chi connectivity index (χ1v) is 6.66. The number of nitrogens with zero attached hydrogens (tertiary/aromatic N) is 2. The van der Waals surface area contributed by atoms with Crippen molar-refractivity contribution in [3.63, 3.8) is 0 Å². The normalized spacial score (nSPS) is 26.2. The Hall–Kier alpha value is 0.790. The minimum atomic E-state index is -1.88. The summed E-state index contributed by atoms with van der Waals surface area (Å²) in [6.45, 7) is 1.99. The van der Waals surface area contributed by atoms with E-state index in [4.69, 9.17) is 0 Å². The Morgan fingerprint density at radius 3 is 2.18 bits per heavy atom. The summed E-state index contributed by atoms with van der Waals surface area (Å²) >= 11 is 3.36. The van der Waals surface area contributed by atoms with Crippen LogP contribution in [-0.4, -0.2) is 52.9 Å². The predicted molar refractivity (Wildman–Crippen MR) is 53.1 cm³/mol. The van der Waals surface area contributed by atoms with Crippen molar-refractivity contribution >= 4 is 23.7 Å². The van der Waals surface area contributed by atoms with Crippen molar-refractivity contribution in [2.75, 3.05) is 38.7 Å². The van der Waals surface area contributed by atoms with Crippen molar-refractivity contribution in [1.29, 1.82) is 0 Å². The number of halogens is 1. The van der Waals surface area contributed by atoms with Crippen molar-refractivity contribution in [1.82, 2.24) is 9.34 Å². The summed E-state index contributed by atoms with van der Waals surface area (Å²) in [5, 5.41) is 0.881. The number of hydrogen-bond acceptors (Lipinski definition) is 3. The first-order valence-electron chi connectivity index (χ1n) is 3.71. The summed E-state index contributed by atoms with van der Waals surface area (Å²) < 4.78 is 4.18. The van der Waals surface area contributed by atoms with Gasteiger partial charge in [0.1, 0.15) is 6.16 Å². The fourth-order valence-corrected chi connectivity index (χ4v) is 5.00. The van der Waals surface area contributed by atoms with Gasteiger partial charge in [-0.3, -0.25) is 0 Å². The zero-order valence-corrected chi connectivity index (χ0v) is 9.48. The average molecular weight is 242 g/mol. The van der Waals surface area contributed by atoms with Crippen LogP contribution in [0.3, 0.4) is 0 Å². The Kier molecular flexibility index (Phi) is 3.29. The molecule has 0 unspecified atom stereocenters. The summed E-state index contributed by atoms with van der Waals surface area (Å²) in [7, 11) is 2.12. The molecule has 0 aromatic heterocycles. The van der Waals surface area contributed by atoms with Gasteiger partial charge in [0.2, 0.25) is 0 Å². The average Bonchev–Trinajstić information content (AvgIpc) is 2.19. The molecule has 0 aromatic rings. The molecule has 1 rings (SSSR count). The minimum Gasteiger partial charge on any atom is -0.213 e. The number of likely N-dealkylation sites (N-methyl/N-ethyl adjacent to an activating group) is 2. The maximum atomic E-state index is 10.2. The standard InChI is InChI=1S/C6H15BrN2OP/c1-8-4-5-9(2)11(8,10)6-3-7/h10H,3-6H2,1-2H3/q+1. The second-order valence-electron chi connectivity index (χ2n) is 2.87. The third-order valence-electron chi connectivity index (χ3n) is 2.23. The lowest BCUT2D eigenvalue weighted by molar-refractivity contribution is 0.463. The van der Waals surface area contributed by atoms with Gasteiger partial charge >= 0.3 is 0 Å². The fourth-order valence-electron chi connectivity index (χ4n) is 1.33. The Morgan fingerprint density at radius 2 is 1.82 bits per heavy atom. The van der Waals surface area contributed by atoms with E-state index in [1.807, 2.05) is 14.1 Å². The third-order valence-corrected chi connectivity index (χ3v) is 6.65. The minimum absolute atomic E-state index is 0.861. The number of rotatable bonds is 2. The molecule has 0 bridgehead atoms. The van der Waals surface area contributed by atoms with Crippen molar-refractivity contribution in [3.05, 3.63) is 0 Å². The van der Waals surface area contributed by atoms with Gasteiger partial charge in [0.05, 0.1) is 13.1 Å². The van der Waals surface area contributed by atoms with Crippen LogP contribution in [0.2, 0.25) is 0 Å². The van der Waals surface area contributed by atoms with Gasteiger partial charge in [0.15, 0.2) is 0 Å². The number of alkyl halides is 1. The molecule has 1 heterocycles. The molecular formula is C6H15BrN2OP+. The Bertz CT molecular complexity index is 137.